The minimum absolute atomic E-state index is 0.000209. The van der Waals surface area contributed by atoms with Gasteiger partial charge in [-0.3, -0.25) is 5.32 Å². The third-order valence-corrected chi connectivity index (χ3v) is 2.55. The Hall–Kier alpha value is -1.69. The maximum atomic E-state index is 13.8. The Morgan fingerprint density at radius 3 is 2.25 bits per heavy atom. The summed E-state index contributed by atoms with van der Waals surface area (Å²) in [7, 11) is 2.61. The maximum Gasteiger partial charge on any atom is 0.412 e. The van der Waals surface area contributed by atoms with Crippen LogP contribution in [0.2, 0.25) is 5.02 Å². The molecule has 112 valence electrons. The van der Waals surface area contributed by atoms with Crippen LogP contribution in [0.25, 0.3) is 0 Å². The van der Waals surface area contributed by atoms with E-state index in [0.717, 1.165) is 6.07 Å². The van der Waals surface area contributed by atoms with Crippen molar-refractivity contribution in [3.8, 4) is 11.5 Å². The van der Waals surface area contributed by atoms with Crippen LogP contribution in [0, 0.1) is 5.82 Å². The van der Waals surface area contributed by atoms with Gasteiger partial charge in [0.2, 0.25) is 0 Å². The van der Waals surface area contributed by atoms with Crippen LogP contribution in [-0.4, -0.2) is 25.9 Å². The highest BCUT2D eigenvalue weighted by molar-refractivity contribution is 6.35. The minimum atomic E-state index is -0.744. The number of benzene rings is 1. The number of hydrogen-bond acceptors (Lipinski definition) is 4. The Bertz CT molecular complexity index is 514. The van der Waals surface area contributed by atoms with E-state index in [-0.39, 0.29) is 22.2 Å². The Labute approximate surface area is 122 Å². The van der Waals surface area contributed by atoms with Crippen LogP contribution < -0.4 is 14.8 Å². The molecular weight excluding hydrogens is 289 g/mol. The highest BCUT2D eigenvalue weighted by Crippen LogP contribution is 2.42. The van der Waals surface area contributed by atoms with E-state index in [1.807, 2.05) is 0 Å². The van der Waals surface area contributed by atoms with Crippen molar-refractivity contribution < 1.29 is 23.4 Å². The Morgan fingerprint density at radius 2 is 1.80 bits per heavy atom. The van der Waals surface area contributed by atoms with Crippen molar-refractivity contribution >= 4 is 23.4 Å². The lowest BCUT2D eigenvalue weighted by molar-refractivity contribution is 0.0636. The number of halogens is 2. The third kappa shape index (κ3) is 3.90. The second-order valence-electron chi connectivity index (χ2n) is 4.91. The molecule has 0 saturated heterocycles. The normalized spacial score (nSPS) is 10.9. The number of methoxy groups -OCH3 is 2. The number of nitrogens with one attached hydrogen (secondary N) is 1. The molecule has 0 aliphatic carbocycles. The molecule has 0 aromatic heterocycles. The monoisotopic (exact) mass is 305 g/mol. The summed E-state index contributed by atoms with van der Waals surface area (Å²) in [6.07, 6.45) is -0.744. The van der Waals surface area contributed by atoms with Crippen LogP contribution in [0.3, 0.4) is 0 Å². The lowest BCUT2D eigenvalue weighted by atomic mass is 10.2. The molecule has 0 saturated carbocycles. The van der Waals surface area contributed by atoms with Gasteiger partial charge in [0.05, 0.1) is 19.9 Å². The molecule has 1 amide bonds. The van der Waals surface area contributed by atoms with Crippen molar-refractivity contribution in [3.05, 3.63) is 16.9 Å². The van der Waals surface area contributed by atoms with Crippen molar-refractivity contribution in [3.63, 3.8) is 0 Å². The van der Waals surface area contributed by atoms with Crippen LogP contribution in [0.15, 0.2) is 6.07 Å². The van der Waals surface area contributed by atoms with Gasteiger partial charge >= 0.3 is 6.09 Å². The highest BCUT2D eigenvalue weighted by atomic mass is 35.5. The van der Waals surface area contributed by atoms with Gasteiger partial charge in [0.1, 0.15) is 10.6 Å². The molecular formula is C13H17ClFNO4. The Kier molecular flexibility index (Phi) is 5.05. The molecule has 0 spiro atoms. The largest absolute Gasteiger partial charge is 0.491 e. The fourth-order valence-electron chi connectivity index (χ4n) is 1.46. The van der Waals surface area contributed by atoms with E-state index in [1.54, 1.807) is 20.8 Å². The first-order valence-corrected chi connectivity index (χ1v) is 6.17. The lowest BCUT2D eigenvalue weighted by Crippen LogP contribution is -2.27. The smallest absolute Gasteiger partial charge is 0.412 e. The van der Waals surface area contributed by atoms with E-state index in [4.69, 9.17) is 25.8 Å². The van der Waals surface area contributed by atoms with Crippen LogP contribution in [0.1, 0.15) is 20.8 Å². The van der Waals surface area contributed by atoms with Crippen molar-refractivity contribution in [2.45, 2.75) is 26.4 Å². The number of carbonyl (C=O) groups excluding carboxylic acids is 1. The van der Waals surface area contributed by atoms with E-state index in [9.17, 15) is 9.18 Å². The zero-order chi connectivity index (χ0) is 15.5. The molecule has 0 fully saturated rings. The SMILES string of the molecule is COc1c(F)cc(NC(=O)OC(C)(C)C)c(Cl)c1OC. The molecule has 0 aliphatic heterocycles. The van der Waals surface area contributed by atoms with Gasteiger partial charge in [0.25, 0.3) is 0 Å². The number of hydrogen-bond donors (Lipinski definition) is 1. The number of anilines is 1. The zero-order valence-corrected chi connectivity index (χ0v) is 12.7. The first kappa shape index (κ1) is 16.4. The Morgan fingerprint density at radius 1 is 1.25 bits per heavy atom. The highest BCUT2D eigenvalue weighted by Gasteiger charge is 2.22. The average molecular weight is 306 g/mol. The van der Waals surface area contributed by atoms with Gasteiger partial charge in [-0.2, -0.15) is 0 Å². The van der Waals surface area contributed by atoms with Gasteiger partial charge in [-0.15, -0.1) is 0 Å². The quantitative estimate of drug-likeness (QED) is 0.921. The summed E-state index contributed by atoms with van der Waals surface area (Å²) >= 11 is 6.04. The number of ether oxygens (including phenoxy) is 3. The second-order valence-corrected chi connectivity index (χ2v) is 5.29. The van der Waals surface area contributed by atoms with Gasteiger partial charge in [-0.1, -0.05) is 11.6 Å². The lowest BCUT2D eigenvalue weighted by Gasteiger charge is -2.20. The van der Waals surface area contributed by atoms with Crippen LogP contribution in [0.5, 0.6) is 11.5 Å². The van der Waals surface area contributed by atoms with Crippen LogP contribution in [-0.2, 0) is 4.74 Å². The van der Waals surface area contributed by atoms with Crippen molar-refractivity contribution in [1.29, 1.82) is 0 Å². The molecule has 0 aliphatic rings. The van der Waals surface area contributed by atoms with Gasteiger partial charge in [-0.25, -0.2) is 9.18 Å². The first-order chi connectivity index (χ1) is 9.19. The molecule has 7 heteroatoms. The average Bonchev–Trinajstić information content (AvgIpc) is 2.30. The third-order valence-electron chi connectivity index (χ3n) is 2.17. The molecule has 1 N–H and O–H groups in total. The molecule has 0 unspecified atom stereocenters. The molecule has 1 aromatic rings. The first-order valence-electron chi connectivity index (χ1n) is 5.79. The summed E-state index contributed by atoms with van der Waals surface area (Å²) in [5.74, 6) is -0.840. The molecule has 0 atom stereocenters. The minimum Gasteiger partial charge on any atom is -0.491 e. The molecule has 0 radical (unpaired) electrons. The summed E-state index contributed by atoms with van der Waals surface area (Å²) < 4.78 is 28.7. The van der Waals surface area contributed by atoms with Gasteiger partial charge < -0.3 is 14.2 Å². The van der Waals surface area contributed by atoms with Crippen LogP contribution in [0.4, 0.5) is 14.9 Å². The molecule has 1 rings (SSSR count). The summed E-state index contributed by atoms with van der Waals surface area (Å²) in [5.41, 5.74) is -0.637. The number of carbonyl (C=O) groups is 1. The van der Waals surface area contributed by atoms with Gasteiger partial charge in [0.15, 0.2) is 17.3 Å². The van der Waals surface area contributed by atoms with Crippen molar-refractivity contribution in [1.82, 2.24) is 0 Å². The summed E-state index contributed by atoms with van der Waals surface area (Å²) in [6.45, 7) is 5.14. The van der Waals surface area contributed by atoms with E-state index in [0.29, 0.717) is 0 Å². The van der Waals surface area contributed by atoms with Crippen molar-refractivity contribution in [2.75, 3.05) is 19.5 Å². The molecule has 1 aromatic carbocycles. The standard InChI is InChI=1S/C13H17ClFNO4/c1-13(2,3)20-12(17)16-8-6-7(15)10(18-4)11(19-5)9(8)14/h6H,1-5H3,(H,16,17). The van der Waals surface area contributed by atoms with Crippen LogP contribution >= 0.6 is 11.6 Å². The molecule has 0 bridgehead atoms. The van der Waals surface area contributed by atoms with E-state index < -0.39 is 17.5 Å². The van der Waals surface area contributed by atoms with E-state index in [1.165, 1.54) is 14.2 Å². The van der Waals surface area contributed by atoms with E-state index >= 15 is 0 Å². The molecule has 20 heavy (non-hydrogen) atoms. The fraction of sp³-hybridized carbons (Fsp3) is 0.462. The summed E-state index contributed by atoms with van der Waals surface area (Å²) in [6, 6.07) is 1.04. The topological polar surface area (TPSA) is 56.8 Å². The summed E-state index contributed by atoms with van der Waals surface area (Å²) in [5, 5.41) is 2.39. The number of amides is 1. The molecule has 5 nitrogen and oxygen atoms in total. The maximum absolute atomic E-state index is 13.8. The van der Waals surface area contributed by atoms with E-state index in [2.05, 4.69) is 5.32 Å². The fourth-order valence-corrected chi connectivity index (χ4v) is 1.73. The predicted molar refractivity (Wildman–Crippen MR) is 74.4 cm³/mol. The van der Waals surface area contributed by atoms with Gasteiger partial charge in [-0.05, 0) is 20.8 Å². The number of rotatable bonds is 3. The van der Waals surface area contributed by atoms with Crippen molar-refractivity contribution in [2.24, 2.45) is 0 Å². The Balaban J connectivity index is 3.08. The predicted octanol–water partition coefficient (Wildman–Crippen LogP) is 3.84. The second kappa shape index (κ2) is 6.17. The molecule has 0 heterocycles. The zero-order valence-electron chi connectivity index (χ0n) is 12.0. The summed E-state index contributed by atoms with van der Waals surface area (Å²) in [4.78, 5) is 11.7. The van der Waals surface area contributed by atoms with Gasteiger partial charge in [0, 0.05) is 6.07 Å².